The molecular formula is C16H16N2O4. The Morgan fingerprint density at radius 3 is 2.23 bits per heavy atom. The minimum absolute atomic E-state index is 0.0356. The van der Waals surface area contributed by atoms with E-state index < -0.39 is 0 Å². The first-order valence-corrected chi connectivity index (χ1v) is 6.65. The van der Waals surface area contributed by atoms with E-state index in [1.807, 2.05) is 18.2 Å². The van der Waals surface area contributed by atoms with Crippen molar-refractivity contribution in [1.82, 2.24) is 9.97 Å². The quantitative estimate of drug-likeness (QED) is 0.774. The van der Waals surface area contributed by atoms with Gasteiger partial charge in [0.2, 0.25) is 5.75 Å². The summed E-state index contributed by atoms with van der Waals surface area (Å²) in [5, 5.41) is 9.97. The number of ether oxygens (including phenoxy) is 3. The molecule has 0 bridgehead atoms. The standard InChI is InChI=1S/C16H16N2O4/c1-20-10-4-5-11-12(8-10)18-16(17-11)9-6-13(21-2)15(19)14(7-9)22-3/h4-8,19H,1-3H3,(H,17,18). The van der Waals surface area contributed by atoms with Crippen LogP contribution in [-0.2, 0) is 0 Å². The second-order valence-electron chi connectivity index (χ2n) is 4.70. The monoisotopic (exact) mass is 300 g/mol. The number of imidazole rings is 1. The van der Waals surface area contributed by atoms with E-state index in [-0.39, 0.29) is 5.75 Å². The smallest absolute Gasteiger partial charge is 0.200 e. The number of aromatic nitrogens is 2. The van der Waals surface area contributed by atoms with Gasteiger partial charge in [-0.05, 0) is 24.3 Å². The minimum Gasteiger partial charge on any atom is -0.502 e. The second kappa shape index (κ2) is 5.48. The average Bonchev–Trinajstić information content (AvgIpc) is 2.97. The SMILES string of the molecule is COc1ccc2nc(-c3cc(OC)c(O)c(OC)c3)[nH]c2c1. The van der Waals surface area contributed by atoms with Crippen molar-refractivity contribution in [3.63, 3.8) is 0 Å². The van der Waals surface area contributed by atoms with Crippen LogP contribution in [0.2, 0.25) is 0 Å². The number of fused-ring (bicyclic) bond motifs is 1. The molecule has 0 atom stereocenters. The Morgan fingerprint density at radius 1 is 0.955 bits per heavy atom. The summed E-state index contributed by atoms with van der Waals surface area (Å²) in [5.74, 6) is 2.02. The lowest BCUT2D eigenvalue weighted by molar-refractivity contribution is 0.340. The van der Waals surface area contributed by atoms with Crippen molar-refractivity contribution in [2.24, 2.45) is 0 Å². The van der Waals surface area contributed by atoms with Gasteiger partial charge in [-0.2, -0.15) is 0 Å². The molecule has 22 heavy (non-hydrogen) atoms. The number of nitrogens with one attached hydrogen (secondary N) is 1. The minimum atomic E-state index is -0.0356. The molecule has 114 valence electrons. The topological polar surface area (TPSA) is 76.6 Å². The molecule has 0 saturated heterocycles. The lowest BCUT2D eigenvalue weighted by Gasteiger charge is -2.09. The Bertz CT molecular complexity index is 801. The van der Waals surface area contributed by atoms with Gasteiger partial charge in [0, 0.05) is 11.6 Å². The highest BCUT2D eigenvalue weighted by Crippen LogP contribution is 2.40. The van der Waals surface area contributed by atoms with Crippen LogP contribution in [0, 0.1) is 0 Å². The number of aromatic amines is 1. The maximum atomic E-state index is 9.97. The molecule has 3 aromatic rings. The van der Waals surface area contributed by atoms with E-state index in [4.69, 9.17) is 14.2 Å². The molecule has 3 rings (SSSR count). The zero-order chi connectivity index (χ0) is 15.7. The van der Waals surface area contributed by atoms with Crippen molar-refractivity contribution in [3.8, 4) is 34.4 Å². The first-order valence-electron chi connectivity index (χ1n) is 6.65. The maximum absolute atomic E-state index is 9.97. The number of aromatic hydroxyl groups is 1. The first-order chi connectivity index (χ1) is 10.7. The molecule has 0 aliphatic carbocycles. The molecule has 0 spiro atoms. The summed E-state index contributed by atoms with van der Waals surface area (Å²) in [7, 11) is 4.59. The van der Waals surface area contributed by atoms with Crippen LogP contribution in [-0.4, -0.2) is 36.4 Å². The van der Waals surface area contributed by atoms with Crippen LogP contribution in [0.25, 0.3) is 22.4 Å². The third-order valence-electron chi connectivity index (χ3n) is 3.44. The third-order valence-corrected chi connectivity index (χ3v) is 3.44. The van der Waals surface area contributed by atoms with Gasteiger partial charge in [-0.15, -0.1) is 0 Å². The predicted octanol–water partition coefficient (Wildman–Crippen LogP) is 2.96. The summed E-state index contributed by atoms with van der Waals surface area (Å²) < 4.78 is 15.5. The second-order valence-corrected chi connectivity index (χ2v) is 4.70. The molecule has 0 saturated carbocycles. The molecule has 6 heteroatoms. The van der Waals surface area contributed by atoms with Gasteiger partial charge in [0.05, 0.1) is 32.4 Å². The molecule has 1 aromatic heterocycles. The number of nitrogens with zero attached hydrogens (tertiary/aromatic N) is 1. The highest BCUT2D eigenvalue weighted by atomic mass is 16.5. The number of methoxy groups -OCH3 is 3. The maximum Gasteiger partial charge on any atom is 0.200 e. The lowest BCUT2D eigenvalue weighted by Crippen LogP contribution is -1.91. The molecule has 6 nitrogen and oxygen atoms in total. The van der Waals surface area contributed by atoms with Crippen LogP contribution in [0.4, 0.5) is 0 Å². The Balaban J connectivity index is 2.14. The summed E-state index contributed by atoms with van der Waals surface area (Å²) in [6, 6.07) is 9.01. The molecular weight excluding hydrogens is 284 g/mol. The van der Waals surface area contributed by atoms with Crippen molar-refractivity contribution in [2.75, 3.05) is 21.3 Å². The number of phenols is 1. The molecule has 0 radical (unpaired) electrons. The summed E-state index contributed by atoms with van der Waals surface area (Å²) in [6.07, 6.45) is 0. The number of rotatable bonds is 4. The van der Waals surface area contributed by atoms with Crippen LogP contribution in [0.15, 0.2) is 30.3 Å². The number of benzene rings is 2. The average molecular weight is 300 g/mol. The summed E-state index contributed by atoms with van der Waals surface area (Å²) in [5.41, 5.74) is 2.43. The van der Waals surface area contributed by atoms with Gasteiger partial charge in [-0.1, -0.05) is 0 Å². The zero-order valence-corrected chi connectivity index (χ0v) is 12.5. The Labute approximate surface area is 127 Å². The molecule has 0 aliphatic heterocycles. The number of hydrogen-bond acceptors (Lipinski definition) is 5. The molecule has 0 unspecified atom stereocenters. The molecule has 1 heterocycles. The van der Waals surface area contributed by atoms with Crippen LogP contribution < -0.4 is 14.2 Å². The molecule has 0 fully saturated rings. The predicted molar refractivity (Wildman–Crippen MR) is 82.9 cm³/mol. The van der Waals surface area contributed by atoms with E-state index in [1.165, 1.54) is 14.2 Å². The Kier molecular flexibility index (Phi) is 3.50. The molecule has 2 N–H and O–H groups in total. The van der Waals surface area contributed by atoms with Crippen LogP contribution >= 0.6 is 0 Å². The Morgan fingerprint density at radius 2 is 1.64 bits per heavy atom. The Hall–Kier alpha value is -2.89. The van der Waals surface area contributed by atoms with Crippen LogP contribution in [0.1, 0.15) is 0 Å². The molecule has 0 aliphatic rings. The highest BCUT2D eigenvalue weighted by molar-refractivity contribution is 5.81. The van der Waals surface area contributed by atoms with E-state index in [1.54, 1.807) is 19.2 Å². The third kappa shape index (κ3) is 2.28. The normalized spacial score (nSPS) is 10.7. The fraction of sp³-hybridized carbons (Fsp3) is 0.188. The zero-order valence-electron chi connectivity index (χ0n) is 12.5. The van der Waals surface area contributed by atoms with Gasteiger partial charge in [-0.25, -0.2) is 4.98 Å². The largest absolute Gasteiger partial charge is 0.502 e. The summed E-state index contributed by atoms with van der Waals surface area (Å²) in [6.45, 7) is 0. The van der Waals surface area contributed by atoms with E-state index in [0.717, 1.165) is 22.3 Å². The molecule has 0 amide bonds. The lowest BCUT2D eigenvalue weighted by atomic mass is 10.1. The van der Waals surface area contributed by atoms with Crippen molar-refractivity contribution in [3.05, 3.63) is 30.3 Å². The van der Waals surface area contributed by atoms with E-state index in [2.05, 4.69) is 9.97 Å². The molecule has 2 aromatic carbocycles. The van der Waals surface area contributed by atoms with Crippen molar-refractivity contribution < 1.29 is 19.3 Å². The van der Waals surface area contributed by atoms with E-state index >= 15 is 0 Å². The van der Waals surface area contributed by atoms with Crippen LogP contribution in [0.3, 0.4) is 0 Å². The summed E-state index contributed by atoms with van der Waals surface area (Å²) in [4.78, 5) is 7.76. The summed E-state index contributed by atoms with van der Waals surface area (Å²) >= 11 is 0. The van der Waals surface area contributed by atoms with Gasteiger partial charge in [0.25, 0.3) is 0 Å². The number of phenolic OH excluding ortho intramolecular Hbond substituents is 1. The van der Waals surface area contributed by atoms with Gasteiger partial charge in [0.15, 0.2) is 11.5 Å². The van der Waals surface area contributed by atoms with Gasteiger partial charge in [0.1, 0.15) is 11.6 Å². The van der Waals surface area contributed by atoms with Gasteiger partial charge < -0.3 is 24.3 Å². The van der Waals surface area contributed by atoms with Gasteiger partial charge in [-0.3, -0.25) is 0 Å². The van der Waals surface area contributed by atoms with Crippen LogP contribution in [0.5, 0.6) is 23.0 Å². The fourth-order valence-corrected chi connectivity index (χ4v) is 2.28. The van der Waals surface area contributed by atoms with E-state index in [9.17, 15) is 5.11 Å². The highest BCUT2D eigenvalue weighted by Gasteiger charge is 2.14. The number of hydrogen-bond donors (Lipinski definition) is 2. The number of H-pyrrole nitrogens is 1. The van der Waals surface area contributed by atoms with Crippen molar-refractivity contribution >= 4 is 11.0 Å². The van der Waals surface area contributed by atoms with Gasteiger partial charge >= 0.3 is 0 Å². The first kappa shape index (κ1) is 14.1. The van der Waals surface area contributed by atoms with Crippen molar-refractivity contribution in [2.45, 2.75) is 0 Å². The van der Waals surface area contributed by atoms with Crippen molar-refractivity contribution in [1.29, 1.82) is 0 Å². The fourth-order valence-electron chi connectivity index (χ4n) is 2.28. The van der Waals surface area contributed by atoms with E-state index in [0.29, 0.717) is 17.3 Å².